The van der Waals surface area contributed by atoms with Crippen molar-refractivity contribution in [1.29, 1.82) is 0 Å². The molecule has 0 unspecified atom stereocenters. The summed E-state index contributed by atoms with van der Waals surface area (Å²) in [4.78, 5) is 12.4. The van der Waals surface area contributed by atoms with E-state index in [1.165, 1.54) is 30.3 Å². The second-order valence-electron chi connectivity index (χ2n) is 6.53. The van der Waals surface area contributed by atoms with E-state index >= 15 is 0 Å². The Balaban J connectivity index is 1.35. The maximum absolute atomic E-state index is 12.4. The summed E-state index contributed by atoms with van der Waals surface area (Å²) in [6.45, 7) is 4.91. The summed E-state index contributed by atoms with van der Waals surface area (Å²) in [7, 11) is -3.64. The summed E-state index contributed by atoms with van der Waals surface area (Å²) in [6, 6.07) is 14.7. The highest BCUT2D eigenvalue weighted by Crippen LogP contribution is 2.32. The summed E-state index contributed by atoms with van der Waals surface area (Å²) in [6.07, 6.45) is 0. The van der Waals surface area contributed by atoms with Crippen LogP contribution in [0.15, 0.2) is 70.8 Å². The van der Waals surface area contributed by atoms with Gasteiger partial charge in [-0.1, -0.05) is 12.6 Å². The number of amides is 1. The zero-order valence-corrected chi connectivity index (χ0v) is 17.9. The van der Waals surface area contributed by atoms with Crippen LogP contribution >= 0.6 is 11.3 Å². The quantitative estimate of drug-likeness (QED) is 0.471. The molecule has 1 aliphatic rings. The smallest absolute Gasteiger partial charge is 0.271 e. The highest BCUT2D eigenvalue weighted by atomic mass is 32.2. The molecule has 0 bridgehead atoms. The summed E-state index contributed by atoms with van der Waals surface area (Å²) in [5.41, 5.74) is 7.27. The molecule has 2 heterocycles. The monoisotopic (exact) mass is 457 g/mol. The van der Waals surface area contributed by atoms with Gasteiger partial charge in [-0.25, -0.2) is 8.42 Å². The molecule has 1 amide bonds. The van der Waals surface area contributed by atoms with Crippen LogP contribution in [0.4, 0.5) is 5.69 Å². The Morgan fingerprint density at radius 2 is 1.65 bits per heavy atom. The fourth-order valence-corrected chi connectivity index (χ4v) is 4.87. The molecule has 0 saturated heterocycles. The lowest BCUT2D eigenvalue weighted by Gasteiger charge is -2.19. The molecule has 0 spiro atoms. The zero-order valence-electron chi connectivity index (χ0n) is 16.3. The molecule has 2 aromatic carbocycles. The van der Waals surface area contributed by atoms with Gasteiger partial charge in [-0.15, -0.1) is 11.3 Å². The summed E-state index contributed by atoms with van der Waals surface area (Å²) in [5.74, 6) is 0.895. The van der Waals surface area contributed by atoms with Crippen molar-refractivity contribution in [3.63, 3.8) is 0 Å². The van der Waals surface area contributed by atoms with Crippen molar-refractivity contribution in [2.24, 2.45) is 0 Å². The van der Waals surface area contributed by atoms with E-state index in [-0.39, 0.29) is 4.21 Å². The number of fused-ring (bicyclic) bond motifs is 1. The number of sulfonamides is 1. The van der Waals surface area contributed by atoms with Crippen LogP contribution in [-0.4, -0.2) is 27.5 Å². The standard InChI is InChI=1S/C21H19N3O5S2/c1-14(16-6-9-18-19(13-16)29-11-10-28-18)22-23-21(25)15-4-7-17(8-5-15)24-31(26,27)20-3-2-12-30-20/h2-9,12-13,22,24H,1,10-11H2,(H,23,25). The van der Waals surface area contributed by atoms with Crippen molar-refractivity contribution >= 4 is 38.7 Å². The summed E-state index contributed by atoms with van der Waals surface area (Å²) in [5, 5.41) is 1.69. The third-order valence-electron chi connectivity index (χ3n) is 4.38. The lowest BCUT2D eigenvalue weighted by molar-refractivity contribution is 0.0942. The van der Waals surface area contributed by atoms with Gasteiger partial charge in [0.25, 0.3) is 15.9 Å². The molecule has 3 N–H and O–H groups in total. The minimum atomic E-state index is -3.64. The number of carbonyl (C=O) groups is 1. The summed E-state index contributed by atoms with van der Waals surface area (Å²) >= 11 is 1.13. The van der Waals surface area contributed by atoms with Crippen LogP contribution in [0, 0.1) is 0 Å². The molecule has 8 nitrogen and oxygen atoms in total. The Kier molecular flexibility index (Phi) is 5.83. The largest absolute Gasteiger partial charge is 0.486 e. The second-order valence-corrected chi connectivity index (χ2v) is 9.39. The third-order valence-corrected chi connectivity index (χ3v) is 7.16. The third kappa shape index (κ3) is 4.81. The number of hydrogen-bond acceptors (Lipinski definition) is 7. The molecule has 160 valence electrons. The van der Waals surface area contributed by atoms with Crippen molar-refractivity contribution in [1.82, 2.24) is 10.9 Å². The van der Waals surface area contributed by atoms with Crippen LogP contribution in [0.25, 0.3) is 5.70 Å². The second kappa shape index (κ2) is 8.70. The molecule has 0 fully saturated rings. The minimum absolute atomic E-state index is 0.219. The maximum atomic E-state index is 12.4. The maximum Gasteiger partial charge on any atom is 0.271 e. The van der Waals surface area contributed by atoms with E-state index in [0.29, 0.717) is 41.7 Å². The van der Waals surface area contributed by atoms with Gasteiger partial charge in [0.1, 0.15) is 17.4 Å². The van der Waals surface area contributed by atoms with Crippen LogP contribution in [0.5, 0.6) is 11.5 Å². The van der Waals surface area contributed by atoms with Gasteiger partial charge in [0.05, 0.1) is 5.70 Å². The first-order valence-corrected chi connectivity index (χ1v) is 11.6. The van der Waals surface area contributed by atoms with Crippen molar-refractivity contribution in [2.45, 2.75) is 4.21 Å². The first kappa shape index (κ1) is 20.8. The van der Waals surface area contributed by atoms with Crippen LogP contribution in [-0.2, 0) is 10.0 Å². The Hall–Kier alpha value is -3.50. The van der Waals surface area contributed by atoms with Gasteiger partial charge in [0.2, 0.25) is 0 Å². The molecular weight excluding hydrogens is 438 g/mol. The number of anilines is 1. The number of thiophene rings is 1. The van der Waals surface area contributed by atoms with E-state index in [0.717, 1.165) is 16.9 Å². The average molecular weight is 458 g/mol. The van der Waals surface area contributed by atoms with Crippen molar-refractivity contribution in [3.8, 4) is 11.5 Å². The highest BCUT2D eigenvalue weighted by Gasteiger charge is 2.16. The Labute approximate surface area is 183 Å². The fourth-order valence-electron chi connectivity index (χ4n) is 2.82. The van der Waals surface area contributed by atoms with Crippen LogP contribution in [0.2, 0.25) is 0 Å². The molecule has 4 rings (SSSR count). The highest BCUT2D eigenvalue weighted by molar-refractivity contribution is 7.94. The predicted molar refractivity (Wildman–Crippen MR) is 119 cm³/mol. The average Bonchev–Trinajstić information content (AvgIpc) is 3.33. The predicted octanol–water partition coefficient (Wildman–Crippen LogP) is 3.23. The molecule has 0 atom stereocenters. The van der Waals surface area contributed by atoms with E-state index in [1.54, 1.807) is 23.6 Å². The van der Waals surface area contributed by atoms with Gasteiger partial charge in [0.15, 0.2) is 11.5 Å². The first-order valence-electron chi connectivity index (χ1n) is 9.24. The topological polar surface area (TPSA) is 106 Å². The Bertz CT molecular complexity index is 1210. The molecule has 0 saturated carbocycles. The molecule has 31 heavy (non-hydrogen) atoms. The van der Waals surface area contributed by atoms with Crippen LogP contribution in [0.1, 0.15) is 15.9 Å². The fraction of sp³-hybridized carbons (Fsp3) is 0.0952. The number of nitrogens with one attached hydrogen (secondary N) is 3. The van der Waals surface area contributed by atoms with Crippen molar-refractivity contribution in [3.05, 3.63) is 77.7 Å². The molecular formula is C21H19N3O5S2. The molecule has 0 radical (unpaired) electrons. The van der Waals surface area contributed by atoms with Gasteiger partial charge < -0.3 is 9.47 Å². The molecule has 0 aliphatic carbocycles. The lowest BCUT2D eigenvalue weighted by atomic mass is 10.1. The van der Waals surface area contributed by atoms with Gasteiger partial charge in [0, 0.05) is 16.8 Å². The SMILES string of the molecule is C=C(NNC(=O)c1ccc(NS(=O)(=O)c2cccs2)cc1)c1ccc2c(c1)OCCO2. The van der Waals surface area contributed by atoms with Gasteiger partial charge in [-0.2, -0.15) is 0 Å². The number of ether oxygens (including phenoxy) is 2. The van der Waals surface area contributed by atoms with E-state index in [4.69, 9.17) is 9.47 Å². The number of carbonyl (C=O) groups excluding carboxylic acids is 1. The first-order chi connectivity index (χ1) is 14.9. The molecule has 1 aromatic heterocycles. The number of hydrogen-bond donors (Lipinski definition) is 3. The Morgan fingerprint density at radius 3 is 2.35 bits per heavy atom. The zero-order chi connectivity index (χ0) is 21.8. The van der Waals surface area contributed by atoms with E-state index in [2.05, 4.69) is 22.2 Å². The van der Waals surface area contributed by atoms with Crippen LogP contribution in [0.3, 0.4) is 0 Å². The van der Waals surface area contributed by atoms with E-state index in [1.807, 2.05) is 6.07 Å². The van der Waals surface area contributed by atoms with Gasteiger partial charge in [-0.3, -0.25) is 20.4 Å². The normalized spacial score (nSPS) is 12.6. The number of hydrazine groups is 1. The lowest BCUT2D eigenvalue weighted by Crippen LogP contribution is -2.35. The molecule has 1 aliphatic heterocycles. The van der Waals surface area contributed by atoms with Crippen molar-refractivity contribution in [2.75, 3.05) is 17.9 Å². The van der Waals surface area contributed by atoms with Gasteiger partial charge >= 0.3 is 0 Å². The number of benzene rings is 2. The number of rotatable bonds is 7. The Morgan fingerprint density at radius 1 is 0.935 bits per heavy atom. The van der Waals surface area contributed by atoms with Crippen molar-refractivity contribution < 1.29 is 22.7 Å². The molecule has 3 aromatic rings. The van der Waals surface area contributed by atoms with E-state index in [9.17, 15) is 13.2 Å². The minimum Gasteiger partial charge on any atom is -0.486 e. The van der Waals surface area contributed by atoms with Crippen LogP contribution < -0.4 is 25.0 Å². The van der Waals surface area contributed by atoms with E-state index < -0.39 is 15.9 Å². The van der Waals surface area contributed by atoms with Gasteiger partial charge in [-0.05, 0) is 53.9 Å². The molecule has 10 heteroatoms. The summed E-state index contributed by atoms with van der Waals surface area (Å²) < 4.78 is 38.3.